The first-order valence-corrected chi connectivity index (χ1v) is 9.39. The molecule has 0 atom stereocenters. The first-order chi connectivity index (χ1) is 11.5. The number of hydrogen-bond donors (Lipinski definition) is 1. The molecule has 1 N–H and O–H groups in total. The number of benzene rings is 1. The second-order valence-electron chi connectivity index (χ2n) is 6.10. The van der Waals surface area contributed by atoms with E-state index in [0.717, 1.165) is 47.3 Å². The molecule has 6 heteroatoms. The fraction of sp³-hybridized carbons (Fsp3) is 0.500. The van der Waals surface area contributed by atoms with Crippen molar-refractivity contribution >= 4 is 34.2 Å². The molecule has 24 heavy (non-hydrogen) atoms. The molecule has 1 aliphatic heterocycles. The lowest BCUT2D eigenvalue weighted by Crippen LogP contribution is -2.28. The molecule has 5 nitrogen and oxygen atoms in total. The number of amides is 1. The summed E-state index contributed by atoms with van der Waals surface area (Å²) in [5, 5.41) is 10.4. The summed E-state index contributed by atoms with van der Waals surface area (Å²) in [4.78, 5) is 16.3. The third-order valence-electron chi connectivity index (χ3n) is 3.65. The summed E-state index contributed by atoms with van der Waals surface area (Å²) in [6, 6.07) is 7.85. The first kappa shape index (κ1) is 18.5. The van der Waals surface area contributed by atoms with Crippen LogP contribution in [0.1, 0.15) is 39.2 Å². The van der Waals surface area contributed by atoms with Gasteiger partial charge in [-0.1, -0.05) is 51.1 Å². The van der Waals surface area contributed by atoms with Gasteiger partial charge in [0.2, 0.25) is 5.91 Å². The average molecular weight is 347 g/mol. The number of hydrogen-bond acceptors (Lipinski definition) is 4. The van der Waals surface area contributed by atoms with E-state index in [1.165, 1.54) is 0 Å². The molecule has 130 valence electrons. The summed E-state index contributed by atoms with van der Waals surface area (Å²) in [5.74, 6) is 0.816. The van der Waals surface area contributed by atoms with Crippen LogP contribution in [0.25, 0.3) is 0 Å². The van der Waals surface area contributed by atoms with Gasteiger partial charge in [0.1, 0.15) is 0 Å². The number of amidine groups is 1. The van der Waals surface area contributed by atoms with Crippen LogP contribution in [0.4, 0.5) is 5.69 Å². The molecule has 0 spiro atoms. The van der Waals surface area contributed by atoms with E-state index in [0.29, 0.717) is 0 Å². The Morgan fingerprint density at radius 3 is 2.67 bits per heavy atom. The minimum Gasteiger partial charge on any atom is -0.326 e. The third-order valence-corrected chi connectivity index (χ3v) is 4.72. The van der Waals surface area contributed by atoms with Crippen molar-refractivity contribution in [3.05, 3.63) is 29.8 Å². The molecule has 1 heterocycles. The number of unbranched alkanes of at least 4 members (excludes halogenated alkanes) is 1. The van der Waals surface area contributed by atoms with Crippen LogP contribution >= 0.6 is 11.8 Å². The van der Waals surface area contributed by atoms with Crippen LogP contribution in [-0.4, -0.2) is 41.1 Å². The maximum atomic E-state index is 11.7. The lowest BCUT2D eigenvalue weighted by atomic mass is 10.1. The van der Waals surface area contributed by atoms with Crippen molar-refractivity contribution < 1.29 is 4.79 Å². The van der Waals surface area contributed by atoms with E-state index in [4.69, 9.17) is 0 Å². The molecule has 1 aliphatic rings. The number of hydrazone groups is 1. The van der Waals surface area contributed by atoms with E-state index in [9.17, 15) is 4.79 Å². The highest BCUT2D eigenvalue weighted by atomic mass is 32.2. The highest BCUT2D eigenvalue weighted by Gasteiger charge is 2.17. The monoisotopic (exact) mass is 346 g/mol. The van der Waals surface area contributed by atoms with Gasteiger partial charge in [0.25, 0.3) is 0 Å². The highest BCUT2D eigenvalue weighted by molar-refractivity contribution is 8.14. The van der Waals surface area contributed by atoms with Crippen molar-refractivity contribution in [2.45, 2.75) is 33.6 Å². The van der Waals surface area contributed by atoms with Crippen molar-refractivity contribution in [2.75, 3.05) is 24.7 Å². The molecule has 2 rings (SSSR count). The summed E-state index contributed by atoms with van der Waals surface area (Å²) in [7, 11) is 1.94. The van der Waals surface area contributed by atoms with Gasteiger partial charge in [-0.25, -0.2) is 5.01 Å². The minimum atomic E-state index is -0.0251. The Morgan fingerprint density at radius 1 is 1.38 bits per heavy atom. The number of rotatable bonds is 6. The topological polar surface area (TPSA) is 57.1 Å². The molecule has 0 bridgehead atoms. The number of nitrogens with zero attached hydrogens (tertiary/aromatic N) is 3. The maximum absolute atomic E-state index is 11.7. The second-order valence-corrected chi connectivity index (χ2v) is 7.04. The lowest BCUT2D eigenvalue weighted by molar-refractivity contribution is -0.118. The smallest absolute Gasteiger partial charge is 0.226 e. The predicted molar refractivity (Wildman–Crippen MR) is 104 cm³/mol. The van der Waals surface area contributed by atoms with Crippen LogP contribution in [0.2, 0.25) is 0 Å². The van der Waals surface area contributed by atoms with Gasteiger partial charge in [0, 0.05) is 31.0 Å². The van der Waals surface area contributed by atoms with Crippen LogP contribution in [-0.2, 0) is 4.79 Å². The van der Waals surface area contributed by atoms with Gasteiger partial charge in [-0.15, -0.1) is 0 Å². The Kier molecular flexibility index (Phi) is 6.85. The standard InChI is InChI=1S/C18H26N4OS/c1-5-6-11-19-18-22(4)21-16(12-24-18)14-7-9-15(10-8-14)20-17(23)13(2)3/h7-10,13H,5-6,11-12H2,1-4H3,(H,20,23). The van der Waals surface area contributed by atoms with Crippen LogP contribution in [0.5, 0.6) is 0 Å². The van der Waals surface area contributed by atoms with Crippen molar-refractivity contribution in [2.24, 2.45) is 16.0 Å². The number of thioether (sulfide) groups is 1. The molecule has 1 aromatic rings. The van der Waals surface area contributed by atoms with E-state index >= 15 is 0 Å². The Balaban J connectivity index is 2.03. The molecule has 0 saturated heterocycles. The van der Waals surface area contributed by atoms with Gasteiger partial charge in [-0.05, 0) is 24.1 Å². The maximum Gasteiger partial charge on any atom is 0.226 e. The van der Waals surface area contributed by atoms with Crippen LogP contribution in [0.15, 0.2) is 34.4 Å². The number of carbonyl (C=O) groups excluding carboxylic acids is 1. The normalized spacial score (nSPS) is 16.5. The highest BCUT2D eigenvalue weighted by Crippen LogP contribution is 2.20. The molecule has 0 aliphatic carbocycles. The zero-order valence-electron chi connectivity index (χ0n) is 14.9. The molecule has 0 aromatic heterocycles. The fourth-order valence-electron chi connectivity index (χ4n) is 2.13. The van der Waals surface area contributed by atoms with Gasteiger partial charge in [-0.2, -0.15) is 5.10 Å². The van der Waals surface area contributed by atoms with E-state index in [-0.39, 0.29) is 11.8 Å². The summed E-state index contributed by atoms with van der Waals surface area (Å²) in [5.41, 5.74) is 2.92. The third kappa shape index (κ3) is 5.09. The zero-order valence-corrected chi connectivity index (χ0v) is 15.7. The molecule has 1 aromatic carbocycles. The number of aliphatic imine (C=N–C) groups is 1. The molecule has 0 fully saturated rings. The Bertz CT molecular complexity index is 622. The van der Waals surface area contributed by atoms with Gasteiger partial charge in [0.15, 0.2) is 5.17 Å². The van der Waals surface area contributed by atoms with Gasteiger partial charge in [-0.3, -0.25) is 9.79 Å². The number of anilines is 1. The first-order valence-electron chi connectivity index (χ1n) is 8.41. The summed E-state index contributed by atoms with van der Waals surface area (Å²) in [6.45, 7) is 6.79. The summed E-state index contributed by atoms with van der Waals surface area (Å²) < 4.78 is 0. The Hall–Kier alpha value is -1.82. The van der Waals surface area contributed by atoms with Crippen LogP contribution in [0, 0.1) is 5.92 Å². The van der Waals surface area contributed by atoms with E-state index < -0.39 is 0 Å². The van der Waals surface area contributed by atoms with Crippen molar-refractivity contribution in [1.82, 2.24) is 5.01 Å². The van der Waals surface area contributed by atoms with E-state index in [1.54, 1.807) is 11.8 Å². The molecule has 0 unspecified atom stereocenters. The SMILES string of the molecule is CCCCN=C1SCC(c2ccc(NC(=O)C(C)C)cc2)=NN1C. The molecule has 0 saturated carbocycles. The Labute approximate surface area is 148 Å². The van der Waals surface area contributed by atoms with Gasteiger partial charge in [0.05, 0.1) is 5.71 Å². The number of carbonyl (C=O) groups is 1. The van der Waals surface area contributed by atoms with E-state index in [1.807, 2.05) is 50.2 Å². The zero-order chi connectivity index (χ0) is 17.5. The summed E-state index contributed by atoms with van der Waals surface area (Å²) >= 11 is 1.72. The predicted octanol–water partition coefficient (Wildman–Crippen LogP) is 3.82. The minimum absolute atomic E-state index is 0.0251. The lowest BCUT2D eigenvalue weighted by Gasteiger charge is -2.22. The second kappa shape index (κ2) is 8.87. The van der Waals surface area contributed by atoms with E-state index in [2.05, 4.69) is 22.3 Å². The van der Waals surface area contributed by atoms with Crippen LogP contribution < -0.4 is 5.32 Å². The average Bonchev–Trinajstić information content (AvgIpc) is 2.57. The Morgan fingerprint density at radius 2 is 2.08 bits per heavy atom. The van der Waals surface area contributed by atoms with Gasteiger partial charge < -0.3 is 5.32 Å². The fourth-order valence-corrected chi connectivity index (χ4v) is 3.03. The summed E-state index contributed by atoms with van der Waals surface area (Å²) in [6.07, 6.45) is 2.26. The van der Waals surface area contributed by atoms with Crippen LogP contribution in [0.3, 0.4) is 0 Å². The largest absolute Gasteiger partial charge is 0.326 e. The van der Waals surface area contributed by atoms with Gasteiger partial charge >= 0.3 is 0 Å². The number of nitrogens with one attached hydrogen (secondary N) is 1. The molecular formula is C18H26N4OS. The van der Waals surface area contributed by atoms with Crippen molar-refractivity contribution in [1.29, 1.82) is 0 Å². The quantitative estimate of drug-likeness (QED) is 0.797. The van der Waals surface area contributed by atoms with Crippen molar-refractivity contribution in [3.63, 3.8) is 0 Å². The van der Waals surface area contributed by atoms with Crippen molar-refractivity contribution in [3.8, 4) is 0 Å². The molecule has 0 radical (unpaired) electrons. The molecular weight excluding hydrogens is 320 g/mol. The molecule has 1 amide bonds.